The molecule has 112 valence electrons. The van der Waals surface area contributed by atoms with Gasteiger partial charge in [0.2, 0.25) is 5.91 Å². The van der Waals surface area contributed by atoms with Crippen LogP contribution in [0.2, 0.25) is 0 Å². The van der Waals surface area contributed by atoms with Gasteiger partial charge in [-0.2, -0.15) is 0 Å². The van der Waals surface area contributed by atoms with Crippen LogP contribution < -0.4 is 5.73 Å². The van der Waals surface area contributed by atoms with Crippen molar-refractivity contribution < 1.29 is 14.3 Å². The fourth-order valence-electron chi connectivity index (χ4n) is 2.40. The Kier molecular flexibility index (Phi) is 7.34. The SMILES string of the molecule is COCCOCC1CCN(C(=O)[C@@H](N)CC(C)C)C1. The van der Waals surface area contributed by atoms with Gasteiger partial charge < -0.3 is 20.1 Å². The van der Waals surface area contributed by atoms with Crippen LogP contribution >= 0.6 is 0 Å². The molecule has 0 aliphatic carbocycles. The number of rotatable bonds is 8. The highest BCUT2D eigenvalue weighted by Gasteiger charge is 2.29. The maximum Gasteiger partial charge on any atom is 0.239 e. The van der Waals surface area contributed by atoms with E-state index >= 15 is 0 Å². The first kappa shape index (κ1) is 16.4. The van der Waals surface area contributed by atoms with Crippen molar-refractivity contribution in [1.82, 2.24) is 4.90 Å². The normalized spacial score (nSPS) is 21.1. The van der Waals surface area contributed by atoms with Crippen molar-refractivity contribution in [2.45, 2.75) is 32.7 Å². The zero-order valence-electron chi connectivity index (χ0n) is 12.4. The van der Waals surface area contributed by atoms with Gasteiger partial charge in [0.25, 0.3) is 0 Å². The zero-order valence-corrected chi connectivity index (χ0v) is 12.4. The first-order valence-electron chi connectivity index (χ1n) is 7.15. The summed E-state index contributed by atoms with van der Waals surface area (Å²) in [5.74, 6) is 0.981. The Bertz CT molecular complexity index is 271. The molecule has 1 amide bonds. The van der Waals surface area contributed by atoms with Crippen LogP contribution in [0, 0.1) is 11.8 Å². The highest BCUT2D eigenvalue weighted by molar-refractivity contribution is 5.81. The van der Waals surface area contributed by atoms with Gasteiger partial charge in [0.1, 0.15) is 0 Å². The number of methoxy groups -OCH3 is 1. The van der Waals surface area contributed by atoms with Crippen molar-refractivity contribution in [2.24, 2.45) is 17.6 Å². The van der Waals surface area contributed by atoms with Gasteiger partial charge in [0, 0.05) is 26.1 Å². The molecule has 19 heavy (non-hydrogen) atoms. The van der Waals surface area contributed by atoms with Crippen LogP contribution in [0.1, 0.15) is 26.7 Å². The fourth-order valence-corrected chi connectivity index (χ4v) is 2.40. The topological polar surface area (TPSA) is 64.8 Å². The van der Waals surface area contributed by atoms with E-state index in [0.717, 1.165) is 25.9 Å². The average Bonchev–Trinajstić information content (AvgIpc) is 2.81. The first-order valence-corrected chi connectivity index (χ1v) is 7.15. The summed E-state index contributed by atoms with van der Waals surface area (Å²) in [6.45, 7) is 7.70. The molecule has 1 aliphatic heterocycles. The summed E-state index contributed by atoms with van der Waals surface area (Å²) in [5, 5.41) is 0. The third-order valence-electron chi connectivity index (χ3n) is 3.43. The molecule has 5 heteroatoms. The lowest BCUT2D eigenvalue weighted by molar-refractivity contribution is -0.132. The van der Waals surface area contributed by atoms with Crippen LogP contribution in [-0.4, -0.2) is 56.9 Å². The Morgan fingerprint density at radius 1 is 1.42 bits per heavy atom. The average molecular weight is 272 g/mol. The van der Waals surface area contributed by atoms with Crippen molar-refractivity contribution in [3.63, 3.8) is 0 Å². The third kappa shape index (κ3) is 5.89. The number of carbonyl (C=O) groups excluding carboxylic acids is 1. The molecule has 0 radical (unpaired) electrons. The van der Waals surface area contributed by atoms with E-state index in [1.165, 1.54) is 0 Å². The van der Waals surface area contributed by atoms with Gasteiger partial charge >= 0.3 is 0 Å². The number of nitrogens with two attached hydrogens (primary N) is 1. The lowest BCUT2D eigenvalue weighted by atomic mass is 10.0. The standard InChI is InChI=1S/C14H28N2O3/c1-11(2)8-13(15)14(17)16-5-4-12(9-16)10-19-7-6-18-3/h11-13H,4-10,15H2,1-3H3/t12?,13-/m0/s1. The molecule has 1 rings (SSSR count). The molecule has 0 saturated carbocycles. The maximum absolute atomic E-state index is 12.1. The van der Waals surface area contributed by atoms with Gasteiger partial charge in [-0.15, -0.1) is 0 Å². The summed E-state index contributed by atoms with van der Waals surface area (Å²) in [7, 11) is 1.66. The van der Waals surface area contributed by atoms with Crippen LogP contribution in [0.25, 0.3) is 0 Å². The summed E-state index contributed by atoms with van der Waals surface area (Å²) < 4.78 is 10.4. The third-order valence-corrected chi connectivity index (χ3v) is 3.43. The Labute approximate surface area is 116 Å². The molecular weight excluding hydrogens is 244 g/mol. The van der Waals surface area contributed by atoms with Gasteiger partial charge in [0.15, 0.2) is 0 Å². The zero-order chi connectivity index (χ0) is 14.3. The molecule has 2 atom stereocenters. The van der Waals surface area contributed by atoms with Gasteiger partial charge in [-0.3, -0.25) is 4.79 Å². The van der Waals surface area contributed by atoms with Crippen LogP contribution in [0.15, 0.2) is 0 Å². The molecule has 0 aromatic heterocycles. The number of ether oxygens (including phenoxy) is 2. The number of amides is 1. The number of carbonyl (C=O) groups is 1. The van der Waals surface area contributed by atoms with Crippen LogP contribution in [0.4, 0.5) is 0 Å². The Hall–Kier alpha value is -0.650. The smallest absolute Gasteiger partial charge is 0.239 e. The molecule has 0 bridgehead atoms. The van der Waals surface area contributed by atoms with Gasteiger partial charge in [-0.25, -0.2) is 0 Å². The second kappa shape index (κ2) is 8.51. The van der Waals surface area contributed by atoms with E-state index in [-0.39, 0.29) is 11.9 Å². The summed E-state index contributed by atoms with van der Waals surface area (Å²) >= 11 is 0. The highest BCUT2D eigenvalue weighted by Crippen LogP contribution is 2.18. The predicted octanol–water partition coefficient (Wildman–Crippen LogP) is 0.871. The van der Waals surface area contributed by atoms with Crippen molar-refractivity contribution in [1.29, 1.82) is 0 Å². The molecule has 1 heterocycles. The van der Waals surface area contributed by atoms with E-state index in [2.05, 4.69) is 13.8 Å². The van der Waals surface area contributed by atoms with Crippen molar-refractivity contribution in [2.75, 3.05) is 40.0 Å². The molecule has 0 aromatic rings. The Morgan fingerprint density at radius 2 is 2.16 bits per heavy atom. The number of hydrogen-bond acceptors (Lipinski definition) is 4. The summed E-state index contributed by atoms with van der Waals surface area (Å²) in [6, 6.07) is -0.354. The second-order valence-corrected chi connectivity index (χ2v) is 5.74. The number of nitrogens with zero attached hydrogens (tertiary/aromatic N) is 1. The van der Waals surface area contributed by atoms with Gasteiger partial charge in [0.05, 0.1) is 25.9 Å². The van der Waals surface area contributed by atoms with Crippen LogP contribution in [0.5, 0.6) is 0 Å². The molecule has 1 saturated heterocycles. The molecule has 0 spiro atoms. The fraction of sp³-hybridized carbons (Fsp3) is 0.929. The van der Waals surface area contributed by atoms with E-state index in [0.29, 0.717) is 31.7 Å². The number of likely N-dealkylation sites (tertiary alicyclic amines) is 1. The van der Waals surface area contributed by atoms with Crippen molar-refractivity contribution in [3.8, 4) is 0 Å². The van der Waals surface area contributed by atoms with Crippen LogP contribution in [-0.2, 0) is 14.3 Å². The molecular formula is C14H28N2O3. The maximum atomic E-state index is 12.1. The number of hydrogen-bond donors (Lipinski definition) is 1. The lowest BCUT2D eigenvalue weighted by Crippen LogP contribution is -2.43. The van der Waals surface area contributed by atoms with E-state index in [1.54, 1.807) is 7.11 Å². The summed E-state index contributed by atoms with van der Waals surface area (Å²) in [4.78, 5) is 14.0. The van der Waals surface area contributed by atoms with E-state index in [1.807, 2.05) is 4.90 Å². The second-order valence-electron chi connectivity index (χ2n) is 5.74. The molecule has 1 unspecified atom stereocenters. The van der Waals surface area contributed by atoms with Crippen LogP contribution in [0.3, 0.4) is 0 Å². The largest absolute Gasteiger partial charge is 0.382 e. The van der Waals surface area contributed by atoms with E-state index in [4.69, 9.17) is 15.2 Å². The summed E-state index contributed by atoms with van der Waals surface area (Å²) in [5.41, 5.74) is 5.94. The first-order chi connectivity index (χ1) is 9.04. The lowest BCUT2D eigenvalue weighted by Gasteiger charge is -2.22. The molecule has 5 nitrogen and oxygen atoms in total. The van der Waals surface area contributed by atoms with E-state index in [9.17, 15) is 4.79 Å². The minimum Gasteiger partial charge on any atom is -0.382 e. The van der Waals surface area contributed by atoms with Gasteiger partial charge in [-0.05, 0) is 18.8 Å². The Morgan fingerprint density at radius 3 is 2.79 bits per heavy atom. The molecule has 0 aromatic carbocycles. The van der Waals surface area contributed by atoms with Crippen molar-refractivity contribution >= 4 is 5.91 Å². The molecule has 1 fully saturated rings. The predicted molar refractivity (Wildman–Crippen MR) is 74.8 cm³/mol. The Balaban J connectivity index is 2.25. The van der Waals surface area contributed by atoms with E-state index < -0.39 is 0 Å². The summed E-state index contributed by atoms with van der Waals surface area (Å²) in [6.07, 6.45) is 1.76. The highest BCUT2D eigenvalue weighted by atomic mass is 16.5. The molecule has 2 N–H and O–H groups in total. The minimum absolute atomic E-state index is 0.0908. The monoisotopic (exact) mass is 272 g/mol. The van der Waals surface area contributed by atoms with Gasteiger partial charge in [-0.1, -0.05) is 13.8 Å². The molecule has 1 aliphatic rings. The van der Waals surface area contributed by atoms with Crippen molar-refractivity contribution in [3.05, 3.63) is 0 Å². The minimum atomic E-state index is -0.354. The quantitative estimate of drug-likeness (QED) is 0.666.